The van der Waals surface area contributed by atoms with E-state index < -0.39 is 17.4 Å². The molecule has 3 aromatic rings. The SMILES string of the molecule is Cc1oc(-c2cccc(Cl)c2)nc1CSc1nc(C(F)(F)F)cc(=O)[nH]1. The Bertz CT molecular complexity index is 1000. The van der Waals surface area contributed by atoms with Crippen LogP contribution in [0.2, 0.25) is 5.02 Å². The van der Waals surface area contributed by atoms with E-state index >= 15 is 0 Å². The number of hydrogen-bond donors (Lipinski definition) is 1. The van der Waals surface area contributed by atoms with Crippen LogP contribution in [-0.2, 0) is 11.9 Å². The molecule has 136 valence electrons. The monoisotopic (exact) mass is 401 g/mol. The average Bonchev–Trinajstić information content (AvgIpc) is 2.93. The molecule has 0 saturated heterocycles. The molecule has 10 heteroatoms. The Hall–Kier alpha value is -2.26. The Morgan fingerprint density at radius 1 is 1.27 bits per heavy atom. The minimum absolute atomic E-state index is 0.142. The smallest absolute Gasteiger partial charge is 0.433 e. The number of nitrogens with zero attached hydrogens (tertiary/aromatic N) is 2. The maximum Gasteiger partial charge on any atom is 0.433 e. The molecule has 0 amide bonds. The molecular formula is C16H11ClF3N3O2S. The molecule has 5 nitrogen and oxygen atoms in total. The van der Waals surface area contributed by atoms with Crippen molar-refractivity contribution in [2.75, 3.05) is 0 Å². The zero-order valence-electron chi connectivity index (χ0n) is 13.2. The van der Waals surface area contributed by atoms with Crippen molar-refractivity contribution in [2.24, 2.45) is 0 Å². The number of nitrogens with one attached hydrogen (secondary N) is 1. The van der Waals surface area contributed by atoms with Crippen molar-refractivity contribution in [1.82, 2.24) is 15.0 Å². The zero-order valence-corrected chi connectivity index (χ0v) is 14.8. The van der Waals surface area contributed by atoms with Gasteiger partial charge in [-0.25, -0.2) is 9.97 Å². The highest BCUT2D eigenvalue weighted by atomic mass is 35.5. The lowest BCUT2D eigenvalue weighted by Crippen LogP contribution is -2.16. The first-order chi connectivity index (χ1) is 12.2. The van der Waals surface area contributed by atoms with E-state index in [1.807, 2.05) is 0 Å². The first-order valence-corrected chi connectivity index (χ1v) is 8.62. The molecule has 1 aromatic carbocycles. The summed E-state index contributed by atoms with van der Waals surface area (Å²) in [5.41, 5.74) is -0.890. The van der Waals surface area contributed by atoms with Gasteiger partial charge >= 0.3 is 6.18 Å². The zero-order chi connectivity index (χ0) is 18.9. The molecule has 0 bridgehead atoms. The van der Waals surface area contributed by atoms with Crippen LogP contribution >= 0.6 is 23.4 Å². The number of hydrogen-bond acceptors (Lipinski definition) is 5. The predicted octanol–water partition coefficient (Wildman–Crippen LogP) is 4.70. The lowest BCUT2D eigenvalue weighted by molar-refractivity contribution is -0.141. The first-order valence-electron chi connectivity index (χ1n) is 7.26. The Balaban J connectivity index is 1.81. The van der Waals surface area contributed by atoms with Crippen molar-refractivity contribution in [3.8, 4) is 11.5 Å². The summed E-state index contributed by atoms with van der Waals surface area (Å²) in [6.07, 6.45) is -4.69. The fourth-order valence-electron chi connectivity index (χ4n) is 2.09. The van der Waals surface area contributed by atoms with E-state index in [-0.39, 0.29) is 10.9 Å². The minimum Gasteiger partial charge on any atom is -0.441 e. The minimum atomic E-state index is -4.69. The number of aromatic nitrogens is 3. The fourth-order valence-corrected chi connectivity index (χ4v) is 3.16. The number of alkyl halides is 3. The molecule has 0 spiro atoms. The molecule has 2 heterocycles. The Labute approximate surface area is 154 Å². The van der Waals surface area contributed by atoms with Gasteiger partial charge in [-0.05, 0) is 25.1 Å². The van der Waals surface area contributed by atoms with Crippen LogP contribution in [0.25, 0.3) is 11.5 Å². The molecule has 0 saturated carbocycles. The van der Waals surface area contributed by atoms with Crippen LogP contribution in [0.5, 0.6) is 0 Å². The summed E-state index contributed by atoms with van der Waals surface area (Å²) < 4.78 is 43.8. The molecule has 26 heavy (non-hydrogen) atoms. The summed E-state index contributed by atoms with van der Waals surface area (Å²) in [4.78, 5) is 21.5. The molecule has 1 N–H and O–H groups in total. The van der Waals surface area contributed by atoms with Crippen molar-refractivity contribution in [2.45, 2.75) is 24.0 Å². The average molecular weight is 402 g/mol. The quantitative estimate of drug-likeness (QED) is 0.507. The summed E-state index contributed by atoms with van der Waals surface area (Å²) in [6.45, 7) is 1.69. The van der Waals surface area contributed by atoms with Gasteiger partial charge in [-0.2, -0.15) is 13.2 Å². The number of rotatable bonds is 4. The largest absolute Gasteiger partial charge is 0.441 e. The Kier molecular flexibility index (Phi) is 5.10. The first kappa shape index (κ1) is 18.5. The van der Waals surface area contributed by atoms with Gasteiger partial charge < -0.3 is 9.40 Å². The van der Waals surface area contributed by atoms with Crippen molar-refractivity contribution < 1.29 is 17.6 Å². The van der Waals surface area contributed by atoms with Crippen LogP contribution in [0.3, 0.4) is 0 Å². The molecule has 0 atom stereocenters. The van der Waals surface area contributed by atoms with E-state index in [9.17, 15) is 18.0 Å². The number of H-pyrrole nitrogens is 1. The van der Waals surface area contributed by atoms with E-state index in [1.54, 1.807) is 31.2 Å². The highest BCUT2D eigenvalue weighted by Gasteiger charge is 2.33. The van der Waals surface area contributed by atoms with Crippen LogP contribution < -0.4 is 5.56 Å². The van der Waals surface area contributed by atoms with Crippen LogP contribution in [0.15, 0.2) is 44.7 Å². The molecule has 0 unspecified atom stereocenters. The van der Waals surface area contributed by atoms with Crippen LogP contribution in [0.1, 0.15) is 17.1 Å². The lowest BCUT2D eigenvalue weighted by atomic mass is 10.2. The summed E-state index contributed by atoms with van der Waals surface area (Å²) in [5, 5.41) is 0.386. The highest BCUT2D eigenvalue weighted by molar-refractivity contribution is 7.98. The van der Waals surface area contributed by atoms with E-state index in [0.717, 1.165) is 11.8 Å². The van der Waals surface area contributed by atoms with E-state index in [2.05, 4.69) is 15.0 Å². The van der Waals surface area contributed by atoms with Gasteiger partial charge in [0.1, 0.15) is 5.76 Å². The van der Waals surface area contributed by atoms with E-state index in [4.69, 9.17) is 16.0 Å². The second-order valence-electron chi connectivity index (χ2n) is 5.25. The lowest BCUT2D eigenvalue weighted by Gasteiger charge is -2.06. The number of aromatic amines is 1. The van der Waals surface area contributed by atoms with Gasteiger partial charge in [0.15, 0.2) is 10.9 Å². The van der Waals surface area contributed by atoms with Crippen LogP contribution in [-0.4, -0.2) is 15.0 Å². The second kappa shape index (κ2) is 7.16. The van der Waals surface area contributed by atoms with E-state index in [0.29, 0.717) is 34.0 Å². The summed E-state index contributed by atoms with van der Waals surface area (Å²) in [5.74, 6) is 1.05. The molecule has 2 aromatic heterocycles. The van der Waals surface area contributed by atoms with Crippen molar-refractivity contribution in [3.05, 3.63) is 62.9 Å². The van der Waals surface area contributed by atoms with Crippen molar-refractivity contribution >= 4 is 23.4 Å². The second-order valence-corrected chi connectivity index (χ2v) is 6.65. The number of oxazole rings is 1. The third kappa shape index (κ3) is 4.28. The van der Waals surface area contributed by atoms with Gasteiger partial charge in [0.2, 0.25) is 5.89 Å². The number of thioether (sulfide) groups is 1. The standard InChI is InChI=1S/C16H11ClF3N3O2S/c1-8-11(21-14(25-8)9-3-2-4-10(17)5-9)7-26-15-22-12(16(18,19)20)6-13(24)23-15/h2-6H,7H2,1H3,(H,22,23,24). The molecule has 0 aliphatic carbocycles. The van der Waals surface area contributed by atoms with Gasteiger partial charge in [-0.1, -0.05) is 29.4 Å². The summed E-state index contributed by atoms with van der Waals surface area (Å²) in [7, 11) is 0. The number of benzene rings is 1. The number of halogens is 4. The van der Waals surface area contributed by atoms with E-state index in [1.165, 1.54) is 0 Å². The third-order valence-corrected chi connectivity index (χ3v) is 4.44. The van der Waals surface area contributed by atoms with Gasteiger partial charge in [0, 0.05) is 22.4 Å². The molecule has 3 rings (SSSR count). The number of aryl methyl sites for hydroxylation is 1. The highest BCUT2D eigenvalue weighted by Crippen LogP contribution is 2.30. The Morgan fingerprint density at radius 3 is 2.73 bits per heavy atom. The predicted molar refractivity (Wildman–Crippen MR) is 91.1 cm³/mol. The maximum atomic E-state index is 12.7. The maximum absolute atomic E-state index is 12.7. The van der Waals surface area contributed by atoms with Crippen molar-refractivity contribution in [1.29, 1.82) is 0 Å². The molecular weight excluding hydrogens is 391 g/mol. The normalized spacial score (nSPS) is 11.7. The molecule has 0 aliphatic heterocycles. The topological polar surface area (TPSA) is 71.8 Å². The third-order valence-electron chi connectivity index (χ3n) is 3.32. The van der Waals surface area contributed by atoms with Crippen LogP contribution in [0, 0.1) is 6.92 Å². The fraction of sp³-hybridized carbons (Fsp3) is 0.188. The van der Waals surface area contributed by atoms with Crippen molar-refractivity contribution in [3.63, 3.8) is 0 Å². The van der Waals surface area contributed by atoms with Gasteiger partial charge in [0.25, 0.3) is 5.56 Å². The summed E-state index contributed by atoms with van der Waals surface area (Å²) >= 11 is 6.87. The molecule has 0 fully saturated rings. The summed E-state index contributed by atoms with van der Waals surface area (Å²) in [6, 6.07) is 7.36. The molecule has 0 radical (unpaired) electrons. The van der Waals surface area contributed by atoms with Gasteiger partial charge in [0.05, 0.1) is 5.69 Å². The Morgan fingerprint density at radius 2 is 2.04 bits per heavy atom. The van der Waals surface area contributed by atoms with Gasteiger partial charge in [-0.3, -0.25) is 4.79 Å². The van der Waals surface area contributed by atoms with Crippen LogP contribution in [0.4, 0.5) is 13.2 Å². The molecule has 0 aliphatic rings. The van der Waals surface area contributed by atoms with Gasteiger partial charge in [-0.15, -0.1) is 0 Å².